The number of amides is 1. The summed E-state index contributed by atoms with van der Waals surface area (Å²) in [6, 6.07) is 14.4. The highest BCUT2D eigenvalue weighted by Gasteiger charge is 2.24. The van der Waals surface area contributed by atoms with E-state index in [0.29, 0.717) is 29.4 Å². The molecule has 0 saturated carbocycles. The van der Waals surface area contributed by atoms with Crippen molar-refractivity contribution < 1.29 is 18.3 Å². The summed E-state index contributed by atoms with van der Waals surface area (Å²) in [5.74, 6) is -0.615. The molecule has 3 aromatic carbocycles. The Labute approximate surface area is 186 Å². The maximum atomic E-state index is 13.0. The zero-order valence-electron chi connectivity index (χ0n) is 17.0. The molecule has 0 aliphatic rings. The van der Waals surface area contributed by atoms with Crippen LogP contribution in [0.5, 0.6) is 5.75 Å². The van der Waals surface area contributed by atoms with Crippen molar-refractivity contribution >= 4 is 44.5 Å². The molecule has 0 unspecified atom stereocenters. The van der Waals surface area contributed by atoms with Crippen molar-refractivity contribution in [1.82, 2.24) is 9.73 Å². The molecule has 0 aliphatic carbocycles. The monoisotopic (exact) mass is 459 g/mol. The van der Waals surface area contributed by atoms with E-state index in [4.69, 9.17) is 11.6 Å². The van der Waals surface area contributed by atoms with Gasteiger partial charge in [-0.3, -0.25) is 4.79 Å². The summed E-state index contributed by atoms with van der Waals surface area (Å²) in [5.41, 5.74) is 3.30. The molecule has 9 heteroatoms. The van der Waals surface area contributed by atoms with Crippen molar-refractivity contribution in [2.24, 2.45) is 5.10 Å². The van der Waals surface area contributed by atoms with Gasteiger partial charge >= 0.3 is 0 Å². The second-order valence-electron chi connectivity index (χ2n) is 6.65. The van der Waals surface area contributed by atoms with E-state index < -0.39 is 15.9 Å². The Morgan fingerprint density at radius 2 is 1.77 bits per heavy atom. The number of fused-ring (bicyclic) bond motifs is 1. The van der Waals surface area contributed by atoms with Crippen molar-refractivity contribution in [3.8, 4) is 5.75 Å². The molecule has 3 aromatic rings. The fourth-order valence-corrected chi connectivity index (χ4v) is 5.04. The number of hydrogen-bond donors (Lipinski definition) is 2. The molecule has 2 N–H and O–H groups in total. The Balaban J connectivity index is 1.92. The standard InChI is InChI=1S/C22H22ClN3O4S/c1-3-26(4-2)31(29,30)21-12-10-16(17-7-5-6-8-18(17)21)14-24-25-22(28)15-9-11-20(27)19(23)13-15/h5-14,27H,3-4H2,1-2H3,(H,25,28)/b24-14+. The van der Waals surface area contributed by atoms with Gasteiger partial charge in [-0.25, -0.2) is 13.8 Å². The largest absolute Gasteiger partial charge is 0.506 e. The van der Waals surface area contributed by atoms with Crippen molar-refractivity contribution in [3.63, 3.8) is 0 Å². The lowest BCUT2D eigenvalue weighted by Crippen LogP contribution is -2.30. The van der Waals surface area contributed by atoms with E-state index in [0.717, 1.165) is 0 Å². The van der Waals surface area contributed by atoms with Crippen molar-refractivity contribution in [2.75, 3.05) is 13.1 Å². The van der Waals surface area contributed by atoms with Gasteiger partial charge in [-0.05, 0) is 29.7 Å². The van der Waals surface area contributed by atoms with E-state index in [1.165, 1.54) is 28.7 Å². The van der Waals surface area contributed by atoms with Crippen LogP contribution >= 0.6 is 11.6 Å². The SMILES string of the molecule is CCN(CC)S(=O)(=O)c1ccc(/C=N/NC(=O)c2ccc(O)c(Cl)c2)c2ccccc12. The Morgan fingerprint density at radius 1 is 1.10 bits per heavy atom. The molecule has 0 fully saturated rings. The summed E-state index contributed by atoms with van der Waals surface area (Å²) < 4.78 is 27.5. The van der Waals surface area contributed by atoms with Gasteiger partial charge in [-0.2, -0.15) is 9.41 Å². The fraction of sp³-hybridized carbons (Fsp3) is 0.182. The number of phenolic OH excluding ortho intramolecular Hbond substituents is 1. The first-order chi connectivity index (χ1) is 14.8. The molecule has 0 aliphatic heterocycles. The van der Waals surface area contributed by atoms with Crippen LogP contribution in [-0.2, 0) is 10.0 Å². The van der Waals surface area contributed by atoms with Crippen LogP contribution in [0.3, 0.4) is 0 Å². The highest BCUT2D eigenvalue weighted by molar-refractivity contribution is 7.89. The Kier molecular flexibility index (Phi) is 6.94. The number of rotatable bonds is 7. The highest BCUT2D eigenvalue weighted by Crippen LogP contribution is 2.28. The second kappa shape index (κ2) is 9.47. The minimum atomic E-state index is -3.64. The molecule has 3 rings (SSSR count). The maximum Gasteiger partial charge on any atom is 0.271 e. The molecule has 31 heavy (non-hydrogen) atoms. The summed E-state index contributed by atoms with van der Waals surface area (Å²) in [7, 11) is -3.64. The van der Waals surface area contributed by atoms with Gasteiger partial charge in [-0.1, -0.05) is 55.8 Å². The summed E-state index contributed by atoms with van der Waals surface area (Å²) >= 11 is 5.83. The van der Waals surface area contributed by atoms with Gasteiger partial charge in [0.15, 0.2) is 0 Å². The minimum Gasteiger partial charge on any atom is -0.506 e. The molecule has 0 bridgehead atoms. The van der Waals surface area contributed by atoms with E-state index >= 15 is 0 Å². The Bertz CT molecular complexity index is 1250. The maximum absolute atomic E-state index is 13.0. The molecule has 0 radical (unpaired) electrons. The predicted molar refractivity (Wildman–Crippen MR) is 122 cm³/mol. The molecular formula is C22H22ClN3O4S. The third-order valence-electron chi connectivity index (χ3n) is 4.82. The number of benzene rings is 3. The lowest BCUT2D eigenvalue weighted by atomic mass is 10.1. The van der Waals surface area contributed by atoms with E-state index in [2.05, 4.69) is 10.5 Å². The lowest BCUT2D eigenvalue weighted by molar-refractivity contribution is 0.0955. The normalized spacial score (nSPS) is 12.0. The number of halogens is 1. The third-order valence-corrected chi connectivity index (χ3v) is 7.23. The number of nitrogens with one attached hydrogen (secondary N) is 1. The number of aromatic hydroxyl groups is 1. The molecular weight excluding hydrogens is 438 g/mol. The van der Waals surface area contributed by atoms with E-state index in [1.807, 2.05) is 6.07 Å². The van der Waals surface area contributed by atoms with Gasteiger partial charge in [0.25, 0.3) is 5.91 Å². The van der Waals surface area contributed by atoms with Crippen LogP contribution in [0.2, 0.25) is 5.02 Å². The fourth-order valence-electron chi connectivity index (χ4n) is 3.21. The molecule has 1 amide bonds. The van der Waals surface area contributed by atoms with Crippen LogP contribution in [0.4, 0.5) is 0 Å². The summed E-state index contributed by atoms with van der Waals surface area (Å²) in [5, 5.41) is 14.8. The zero-order chi connectivity index (χ0) is 22.6. The van der Waals surface area contributed by atoms with Crippen LogP contribution in [0, 0.1) is 0 Å². The second-order valence-corrected chi connectivity index (χ2v) is 8.97. The highest BCUT2D eigenvalue weighted by atomic mass is 35.5. The Morgan fingerprint density at radius 3 is 2.42 bits per heavy atom. The van der Waals surface area contributed by atoms with Gasteiger partial charge in [-0.15, -0.1) is 0 Å². The number of hydrazone groups is 1. The van der Waals surface area contributed by atoms with E-state index in [1.54, 1.807) is 44.2 Å². The van der Waals surface area contributed by atoms with Gasteiger partial charge in [0, 0.05) is 29.6 Å². The van der Waals surface area contributed by atoms with Crippen LogP contribution in [0.15, 0.2) is 64.6 Å². The summed E-state index contributed by atoms with van der Waals surface area (Å²) in [4.78, 5) is 12.5. The topological polar surface area (TPSA) is 99.1 Å². The summed E-state index contributed by atoms with van der Waals surface area (Å²) in [6.45, 7) is 4.36. The molecule has 7 nitrogen and oxygen atoms in total. The van der Waals surface area contributed by atoms with Gasteiger partial charge in [0.2, 0.25) is 10.0 Å². The molecule has 0 aromatic heterocycles. The number of sulfonamides is 1. The molecule has 0 spiro atoms. The van der Waals surface area contributed by atoms with Crippen LogP contribution < -0.4 is 5.43 Å². The number of hydrogen-bond acceptors (Lipinski definition) is 5. The Hall–Kier alpha value is -2.94. The predicted octanol–water partition coefficient (Wildman–Crippen LogP) is 3.99. The average Bonchev–Trinajstić information content (AvgIpc) is 2.76. The summed E-state index contributed by atoms with van der Waals surface area (Å²) in [6.07, 6.45) is 1.45. The first-order valence-electron chi connectivity index (χ1n) is 9.63. The number of carbonyl (C=O) groups is 1. The lowest BCUT2D eigenvalue weighted by Gasteiger charge is -2.20. The van der Waals surface area contributed by atoms with E-state index in [9.17, 15) is 18.3 Å². The minimum absolute atomic E-state index is 0.0626. The quantitative estimate of drug-likeness (QED) is 0.412. The number of phenols is 1. The van der Waals surface area contributed by atoms with Crippen molar-refractivity contribution in [3.05, 3.63) is 70.7 Å². The molecule has 0 atom stereocenters. The van der Waals surface area contributed by atoms with Crippen molar-refractivity contribution in [1.29, 1.82) is 0 Å². The van der Waals surface area contributed by atoms with Crippen molar-refractivity contribution in [2.45, 2.75) is 18.7 Å². The first kappa shape index (κ1) is 22.7. The van der Waals surface area contributed by atoms with Crippen LogP contribution in [-0.4, -0.2) is 43.0 Å². The average molecular weight is 460 g/mol. The molecule has 0 saturated heterocycles. The smallest absolute Gasteiger partial charge is 0.271 e. The van der Waals surface area contributed by atoms with Gasteiger partial charge < -0.3 is 5.11 Å². The zero-order valence-corrected chi connectivity index (χ0v) is 18.6. The van der Waals surface area contributed by atoms with Crippen LogP contribution in [0.25, 0.3) is 10.8 Å². The van der Waals surface area contributed by atoms with Gasteiger partial charge in [0.05, 0.1) is 16.1 Å². The number of carbonyl (C=O) groups excluding carboxylic acids is 1. The molecule has 162 valence electrons. The third kappa shape index (κ3) is 4.71. The van der Waals surface area contributed by atoms with Gasteiger partial charge in [0.1, 0.15) is 5.75 Å². The molecule has 0 heterocycles. The van der Waals surface area contributed by atoms with Crippen LogP contribution in [0.1, 0.15) is 29.8 Å². The first-order valence-corrected chi connectivity index (χ1v) is 11.4. The number of nitrogens with zero attached hydrogens (tertiary/aromatic N) is 2. The van der Waals surface area contributed by atoms with E-state index in [-0.39, 0.29) is 21.2 Å².